The molecule has 1 N–H and O–H groups in total. The first-order chi connectivity index (χ1) is 18.0. The van der Waals surface area contributed by atoms with Gasteiger partial charge in [-0.1, -0.05) is 0 Å². The van der Waals surface area contributed by atoms with Gasteiger partial charge in [0.25, 0.3) is 0 Å². The van der Waals surface area contributed by atoms with Crippen LogP contribution in [0.3, 0.4) is 0 Å². The van der Waals surface area contributed by atoms with E-state index in [1.54, 1.807) is 37.4 Å². The number of anilines is 2. The molecule has 190 valence electrons. The minimum atomic E-state index is -0.290. The summed E-state index contributed by atoms with van der Waals surface area (Å²) in [6.07, 6.45) is 3.25. The Balaban J connectivity index is 1.57. The lowest BCUT2D eigenvalue weighted by molar-refractivity contribution is 0.195. The van der Waals surface area contributed by atoms with Crippen LogP contribution in [0.15, 0.2) is 54.9 Å². The number of pyridine rings is 1. The third kappa shape index (κ3) is 5.01. The number of nitrogens with zero attached hydrogens (tertiary/aromatic N) is 6. The van der Waals surface area contributed by atoms with Crippen molar-refractivity contribution < 1.29 is 13.9 Å². The molecule has 2 aromatic carbocycles. The average Bonchev–Trinajstić information content (AvgIpc) is 3.48. The second-order valence-corrected chi connectivity index (χ2v) is 8.68. The second-order valence-electron chi connectivity index (χ2n) is 8.68. The summed E-state index contributed by atoms with van der Waals surface area (Å²) in [6.45, 7) is 2.49. The molecule has 5 rings (SSSR count). The van der Waals surface area contributed by atoms with Crippen LogP contribution in [0.4, 0.5) is 15.8 Å². The van der Waals surface area contributed by atoms with Crippen LogP contribution in [0.2, 0.25) is 0 Å². The number of ether oxygens (including phenoxy) is 2. The lowest BCUT2D eigenvalue weighted by Crippen LogP contribution is -2.02. The van der Waals surface area contributed by atoms with Crippen LogP contribution < -0.4 is 10.1 Å². The normalized spacial score (nSPS) is 11.3. The molecule has 9 nitrogen and oxygen atoms in total. The van der Waals surface area contributed by atoms with E-state index in [1.807, 2.05) is 42.8 Å². The molecule has 0 saturated heterocycles. The van der Waals surface area contributed by atoms with Gasteiger partial charge in [0.15, 0.2) is 5.65 Å². The maximum atomic E-state index is 13.5. The maximum Gasteiger partial charge on any atom is 0.162 e. The van der Waals surface area contributed by atoms with E-state index in [-0.39, 0.29) is 5.82 Å². The van der Waals surface area contributed by atoms with Crippen LogP contribution in [0.25, 0.3) is 28.2 Å². The van der Waals surface area contributed by atoms with E-state index in [9.17, 15) is 4.39 Å². The highest BCUT2D eigenvalue weighted by atomic mass is 19.1. The van der Waals surface area contributed by atoms with Crippen LogP contribution in [0, 0.1) is 12.7 Å². The summed E-state index contributed by atoms with van der Waals surface area (Å²) in [5.41, 5.74) is 5.59. The highest BCUT2D eigenvalue weighted by Crippen LogP contribution is 2.33. The molecule has 5 aromatic rings. The predicted molar refractivity (Wildman–Crippen MR) is 140 cm³/mol. The largest absolute Gasteiger partial charge is 0.494 e. The van der Waals surface area contributed by atoms with E-state index in [2.05, 4.69) is 15.4 Å². The summed E-state index contributed by atoms with van der Waals surface area (Å²) in [6, 6.07) is 14.1. The van der Waals surface area contributed by atoms with Gasteiger partial charge in [-0.2, -0.15) is 5.10 Å². The highest BCUT2D eigenvalue weighted by molar-refractivity contribution is 5.91. The molecule has 0 aliphatic heterocycles. The van der Waals surface area contributed by atoms with Crippen molar-refractivity contribution >= 4 is 22.5 Å². The van der Waals surface area contributed by atoms with Crippen LogP contribution in [-0.2, 0) is 18.2 Å². The molecule has 0 spiro atoms. The first kappa shape index (κ1) is 24.4. The fraction of sp³-hybridized carbons (Fsp3) is 0.259. The van der Waals surface area contributed by atoms with Crippen molar-refractivity contribution in [3.05, 3.63) is 72.2 Å². The van der Waals surface area contributed by atoms with Gasteiger partial charge in [-0.15, -0.1) is 0 Å². The highest BCUT2D eigenvalue weighted by Gasteiger charge is 2.17. The number of benzene rings is 2. The first-order valence-electron chi connectivity index (χ1n) is 11.9. The predicted octanol–water partition coefficient (Wildman–Crippen LogP) is 4.99. The molecule has 0 unspecified atom stereocenters. The van der Waals surface area contributed by atoms with E-state index in [0.29, 0.717) is 29.5 Å². The summed E-state index contributed by atoms with van der Waals surface area (Å²) >= 11 is 0. The molecule has 0 radical (unpaired) electrons. The zero-order chi connectivity index (χ0) is 25.9. The van der Waals surface area contributed by atoms with E-state index >= 15 is 0 Å². The number of hydrogen-bond acceptors (Lipinski definition) is 7. The Labute approximate surface area is 213 Å². The van der Waals surface area contributed by atoms with Crippen LogP contribution in [-0.4, -0.2) is 50.1 Å². The number of imidazole rings is 1. The smallest absolute Gasteiger partial charge is 0.162 e. The Bertz CT molecular complexity index is 1540. The van der Waals surface area contributed by atoms with Gasteiger partial charge in [-0.05, 0) is 62.2 Å². The zero-order valence-electron chi connectivity index (χ0n) is 21.2. The van der Waals surface area contributed by atoms with Crippen molar-refractivity contribution in [3.63, 3.8) is 0 Å². The minimum Gasteiger partial charge on any atom is -0.494 e. The van der Waals surface area contributed by atoms with Gasteiger partial charge in [0.05, 0.1) is 12.8 Å². The zero-order valence-corrected chi connectivity index (χ0v) is 21.2. The molecular formula is C27H28FN7O2. The fourth-order valence-corrected chi connectivity index (χ4v) is 4.24. The van der Waals surface area contributed by atoms with Crippen molar-refractivity contribution in [2.75, 3.05) is 26.1 Å². The molecule has 0 aliphatic rings. The number of halogens is 1. The number of fused-ring (bicyclic) bond motifs is 1. The quantitative estimate of drug-likeness (QED) is 0.284. The molecule has 0 amide bonds. The van der Waals surface area contributed by atoms with Crippen LogP contribution >= 0.6 is 0 Å². The third-order valence-corrected chi connectivity index (χ3v) is 6.08. The summed E-state index contributed by atoms with van der Waals surface area (Å²) in [5.74, 6) is 1.74. The maximum absolute atomic E-state index is 13.5. The van der Waals surface area contributed by atoms with Crippen molar-refractivity contribution in [2.24, 2.45) is 7.05 Å². The first-order valence-corrected chi connectivity index (χ1v) is 11.9. The third-order valence-electron chi connectivity index (χ3n) is 6.08. The van der Waals surface area contributed by atoms with Gasteiger partial charge in [-0.25, -0.2) is 24.0 Å². The van der Waals surface area contributed by atoms with Crippen LogP contribution in [0.5, 0.6) is 5.75 Å². The van der Waals surface area contributed by atoms with Gasteiger partial charge < -0.3 is 19.4 Å². The van der Waals surface area contributed by atoms with Crippen molar-refractivity contribution in [3.8, 4) is 22.8 Å². The monoisotopic (exact) mass is 501 g/mol. The Kier molecular flexibility index (Phi) is 6.82. The number of methoxy groups -OCH3 is 2. The van der Waals surface area contributed by atoms with Gasteiger partial charge in [0.1, 0.15) is 40.7 Å². The molecule has 0 fully saturated rings. The SMILES string of the molecule is COCCCc1cc(Nc2ccc(-n3cnc(C)n3)c(OC)c2)c2nc(-c3ccc(F)cc3)n(C)c2n1. The van der Waals surface area contributed by atoms with Crippen molar-refractivity contribution in [1.82, 2.24) is 29.3 Å². The number of rotatable bonds is 9. The molecular weight excluding hydrogens is 473 g/mol. The topological polar surface area (TPSA) is 91.9 Å². The van der Waals surface area contributed by atoms with Gasteiger partial charge >= 0.3 is 0 Å². The summed E-state index contributed by atoms with van der Waals surface area (Å²) in [7, 11) is 5.23. The van der Waals surface area contributed by atoms with Gasteiger partial charge in [0, 0.05) is 43.8 Å². The summed E-state index contributed by atoms with van der Waals surface area (Å²) in [4.78, 5) is 14.0. The van der Waals surface area contributed by atoms with E-state index in [1.165, 1.54) is 12.1 Å². The molecule has 37 heavy (non-hydrogen) atoms. The number of hydrogen-bond donors (Lipinski definition) is 1. The lowest BCUT2D eigenvalue weighted by atomic mass is 10.2. The number of nitrogens with one attached hydrogen (secondary N) is 1. The average molecular weight is 502 g/mol. The van der Waals surface area contributed by atoms with E-state index in [4.69, 9.17) is 19.4 Å². The van der Waals surface area contributed by atoms with Gasteiger partial charge in [-0.3, -0.25) is 0 Å². The lowest BCUT2D eigenvalue weighted by Gasteiger charge is -2.13. The number of aryl methyl sites for hydroxylation is 3. The van der Waals surface area contributed by atoms with E-state index < -0.39 is 0 Å². The van der Waals surface area contributed by atoms with Gasteiger partial charge in [0.2, 0.25) is 0 Å². The summed E-state index contributed by atoms with van der Waals surface area (Å²) < 4.78 is 28.0. The molecule has 3 heterocycles. The van der Waals surface area contributed by atoms with Crippen LogP contribution in [0.1, 0.15) is 17.9 Å². The van der Waals surface area contributed by atoms with Crippen molar-refractivity contribution in [1.29, 1.82) is 0 Å². The Morgan fingerprint density at radius 1 is 1.03 bits per heavy atom. The molecule has 0 saturated carbocycles. The minimum absolute atomic E-state index is 0.290. The number of aromatic nitrogens is 6. The Morgan fingerprint density at radius 3 is 2.54 bits per heavy atom. The standard InChI is InChI=1S/C27H28FN7O2/c1-17-29-16-35(33-17)23-12-11-21(15-24(23)37-4)30-22-14-20(6-5-13-36-3)31-27-25(22)32-26(34(27)2)18-7-9-19(28)10-8-18/h7-12,14-16H,5-6,13H2,1-4H3,(H,30,31). The Morgan fingerprint density at radius 2 is 1.84 bits per heavy atom. The summed E-state index contributed by atoms with van der Waals surface area (Å²) in [5, 5.41) is 7.89. The van der Waals surface area contributed by atoms with E-state index in [0.717, 1.165) is 46.8 Å². The molecule has 0 aliphatic carbocycles. The Hall–Kier alpha value is -4.31. The molecule has 0 bridgehead atoms. The molecule has 0 atom stereocenters. The fourth-order valence-electron chi connectivity index (χ4n) is 4.24. The second kappa shape index (κ2) is 10.4. The molecule has 3 aromatic heterocycles. The molecule has 10 heteroatoms. The van der Waals surface area contributed by atoms with Crippen molar-refractivity contribution in [2.45, 2.75) is 19.8 Å².